The van der Waals surface area contributed by atoms with Gasteiger partial charge in [-0.25, -0.2) is 4.79 Å². The summed E-state index contributed by atoms with van der Waals surface area (Å²) in [5, 5.41) is 9.30. The highest BCUT2D eigenvalue weighted by atomic mass is 16.6. The summed E-state index contributed by atoms with van der Waals surface area (Å²) in [5.74, 6) is -0.0355. The maximum atomic E-state index is 10.8. The zero-order valence-corrected chi connectivity index (χ0v) is 16.5. The van der Waals surface area contributed by atoms with E-state index in [4.69, 9.17) is 4.74 Å². The normalized spacial score (nSPS) is 11.1. The number of carbonyl (C=O) groups is 1. The fourth-order valence-corrected chi connectivity index (χ4v) is 1.89. The van der Waals surface area contributed by atoms with Crippen LogP contribution < -0.4 is 0 Å². The van der Waals surface area contributed by atoms with Crippen LogP contribution in [0.15, 0.2) is 78.9 Å². The van der Waals surface area contributed by atoms with Crippen molar-refractivity contribution >= 4 is 18.1 Å². The molecule has 0 atom stereocenters. The predicted molar refractivity (Wildman–Crippen MR) is 113 cm³/mol. The van der Waals surface area contributed by atoms with Crippen LogP contribution in [-0.4, -0.2) is 16.7 Å². The van der Waals surface area contributed by atoms with E-state index in [9.17, 15) is 9.90 Å². The van der Waals surface area contributed by atoms with Crippen LogP contribution in [0.4, 0.5) is 0 Å². The second-order valence-corrected chi connectivity index (χ2v) is 7.01. The van der Waals surface area contributed by atoms with Crippen LogP contribution in [0.25, 0.3) is 12.2 Å². The van der Waals surface area contributed by atoms with E-state index < -0.39 is 5.60 Å². The molecule has 0 aliphatic carbocycles. The Bertz CT molecular complexity index is 794. The summed E-state index contributed by atoms with van der Waals surface area (Å²) in [6.07, 6.45) is 7.94. The quantitative estimate of drug-likeness (QED) is 0.410. The molecular formula is C24H28O3. The second kappa shape index (κ2) is 10.8. The molecule has 27 heavy (non-hydrogen) atoms. The van der Waals surface area contributed by atoms with Gasteiger partial charge in [0, 0.05) is 5.57 Å². The van der Waals surface area contributed by atoms with Crippen molar-refractivity contribution in [2.45, 2.75) is 33.3 Å². The Balaban J connectivity index is 0.000000314. The Morgan fingerprint density at radius 1 is 0.963 bits per heavy atom. The minimum Gasteiger partial charge on any atom is -0.508 e. The van der Waals surface area contributed by atoms with Crippen molar-refractivity contribution in [3.05, 3.63) is 90.0 Å². The van der Waals surface area contributed by atoms with Crippen LogP contribution in [0.3, 0.4) is 0 Å². The number of phenols is 1. The standard InChI is InChI=1S/C16H14O.C8H14O2/c17-16-12-6-11-15(13-16)10-5-4-9-14-7-2-1-3-8-14;1-6(2)7(9)10-8(3,4)5/h1-13,17H;1H2,2-5H3. The van der Waals surface area contributed by atoms with Crippen molar-refractivity contribution in [2.24, 2.45) is 0 Å². The number of benzene rings is 2. The number of ether oxygens (including phenoxy) is 1. The number of hydrogen-bond donors (Lipinski definition) is 1. The molecule has 0 aromatic heterocycles. The van der Waals surface area contributed by atoms with E-state index in [2.05, 4.69) is 18.7 Å². The molecule has 0 saturated carbocycles. The van der Waals surface area contributed by atoms with Crippen molar-refractivity contribution in [1.29, 1.82) is 0 Å². The van der Waals surface area contributed by atoms with Crippen molar-refractivity contribution < 1.29 is 14.6 Å². The van der Waals surface area contributed by atoms with E-state index in [1.807, 2.05) is 75.4 Å². The molecule has 1 N–H and O–H groups in total. The second-order valence-electron chi connectivity index (χ2n) is 7.01. The number of esters is 1. The van der Waals surface area contributed by atoms with Crippen LogP contribution >= 0.6 is 0 Å². The Labute approximate surface area is 162 Å². The average Bonchev–Trinajstić information content (AvgIpc) is 2.59. The van der Waals surface area contributed by atoms with E-state index in [1.54, 1.807) is 19.1 Å². The molecule has 3 nitrogen and oxygen atoms in total. The Hall–Kier alpha value is -3.07. The van der Waals surface area contributed by atoms with Crippen LogP contribution in [0, 0.1) is 0 Å². The monoisotopic (exact) mass is 364 g/mol. The zero-order chi connectivity index (χ0) is 20.3. The third kappa shape index (κ3) is 10.5. The minimum atomic E-state index is -0.407. The summed E-state index contributed by atoms with van der Waals surface area (Å²) < 4.78 is 4.96. The summed E-state index contributed by atoms with van der Waals surface area (Å²) in [4.78, 5) is 10.8. The zero-order valence-electron chi connectivity index (χ0n) is 16.5. The van der Waals surface area contributed by atoms with Crippen LogP contribution in [0.2, 0.25) is 0 Å². The highest BCUT2D eigenvalue weighted by molar-refractivity contribution is 5.87. The number of allylic oxidation sites excluding steroid dienone is 2. The van der Waals surface area contributed by atoms with E-state index in [1.165, 1.54) is 5.56 Å². The Morgan fingerprint density at radius 2 is 1.52 bits per heavy atom. The van der Waals surface area contributed by atoms with Crippen molar-refractivity contribution in [3.8, 4) is 5.75 Å². The van der Waals surface area contributed by atoms with Gasteiger partial charge in [0.25, 0.3) is 0 Å². The van der Waals surface area contributed by atoms with E-state index in [-0.39, 0.29) is 5.97 Å². The number of phenolic OH excluding ortho intramolecular Hbond substituents is 1. The molecule has 0 bridgehead atoms. The fraction of sp³-hybridized carbons (Fsp3) is 0.208. The van der Waals surface area contributed by atoms with Gasteiger partial charge in [-0.15, -0.1) is 0 Å². The lowest BCUT2D eigenvalue weighted by Crippen LogP contribution is -2.23. The summed E-state index contributed by atoms with van der Waals surface area (Å²) in [5.41, 5.74) is 2.20. The molecule has 2 aromatic rings. The molecule has 0 radical (unpaired) electrons. The van der Waals surface area contributed by atoms with Gasteiger partial charge in [-0.2, -0.15) is 0 Å². The number of rotatable bonds is 4. The van der Waals surface area contributed by atoms with Gasteiger partial charge in [-0.1, -0.05) is 73.3 Å². The highest BCUT2D eigenvalue weighted by Gasteiger charge is 2.15. The lowest BCUT2D eigenvalue weighted by Gasteiger charge is -2.19. The van der Waals surface area contributed by atoms with Gasteiger partial charge in [0.1, 0.15) is 11.4 Å². The van der Waals surface area contributed by atoms with E-state index in [0.29, 0.717) is 11.3 Å². The first-order valence-electron chi connectivity index (χ1n) is 8.75. The summed E-state index contributed by atoms with van der Waals surface area (Å²) >= 11 is 0. The molecule has 3 heteroatoms. The van der Waals surface area contributed by atoms with Crippen LogP contribution in [-0.2, 0) is 9.53 Å². The Morgan fingerprint density at radius 3 is 2.00 bits per heavy atom. The van der Waals surface area contributed by atoms with Gasteiger partial charge >= 0.3 is 5.97 Å². The molecule has 0 heterocycles. The summed E-state index contributed by atoms with van der Waals surface area (Å²) in [6.45, 7) is 10.6. The molecule has 0 saturated heterocycles. The molecule has 0 amide bonds. The van der Waals surface area contributed by atoms with Gasteiger partial charge in [0.15, 0.2) is 0 Å². The van der Waals surface area contributed by atoms with E-state index >= 15 is 0 Å². The molecule has 2 rings (SSSR count). The average molecular weight is 364 g/mol. The third-order valence-electron chi connectivity index (χ3n) is 3.11. The van der Waals surface area contributed by atoms with Crippen molar-refractivity contribution in [2.75, 3.05) is 0 Å². The number of hydrogen-bond acceptors (Lipinski definition) is 3. The maximum Gasteiger partial charge on any atom is 0.333 e. The third-order valence-corrected chi connectivity index (χ3v) is 3.11. The molecule has 0 fully saturated rings. The van der Waals surface area contributed by atoms with Gasteiger partial charge in [-0.3, -0.25) is 0 Å². The van der Waals surface area contributed by atoms with Gasteiger partial charge in [0.05, 0.1) is 0 Å². The molecule has 0 aliphatic heterocycles. The first-order chi connectivity index (χ1) is 12.7. The summed E-state index contributed by atoms with van der Waals surface area (Å²) in [6, 6.07) is 17.3. The van der Waals surface area contributed by atoms with Crippen molar-refractivity contribution in [3.63, 3.8) is 0 Å². The smallest absolute Gasteiger partial charge is 0.333 e. The van der Waals surface area contributed by atoms with Crippen molar-refractivity contribution in [1.82, 2.24) is 0 Å². The lowest BCUT2D eigenvalue weighted by atomic mass is 10.2. The van der Waals surface area contributed by atoms with Crippen LogP contribution in [0.1, 0.15) is 38.8 Å². The molecule has 2 aromatic carbocycles. The largest absolute Gasteiger partial charge is 0.508 e. The van der Waals surface area contributed by atoms with Crippen LogP contribution in [0.5, 0.6) is 5.75 Å². The number of carbonyl (C=O) groups excluding carboxylic acids is 1. The SMILES string of the molecule is C=C(C)C(=O)OC(C)(C)C.Oc1cccc(C=CC=Cc2ccccc2)c1. The molecule has 0 aliphatic rings. The first-order valence-corrected chi connectivity index (χ1v) is 8.75. The molecule has 0 spiro atoms. The van der Waals surface area contributed by atoms with E-state index in [0.717, 1.165) is 5.56 Å². The highest BCUT2D eigenvalue weighted by Crippen LogP contribution is 2.12. The summed E-state index contributed by atoms with van der Waals surface area (Å²) in [7, 11) is 0. The van der Waals surface area contributed by atoms with Gasteiger partial charge in [0.2, 0.25) is 0 Å². The van der Waals surface area contributed by atoms with Gasteiger partial charge < -0.3 is 9.84 Å². The topological polar surface area (TPSA) is 46.5 Å². The molecular weight excluding hydrogens is 336 g/mol. The fourth-order valence-electron chi connectivity index (χ4n) is 1.89. The first kappa shape index (κ1) is 22.0. The molecule has 0 unspecified atom stereocenters. The minimum absolute atomic E-state index is 0.291. The maximum absolute atomic E-state index is 10.8. The molecule has 142 valence electrons. The predicted octanol–water partition coefficient (Wildman–Crippen LogP) is 6.02. The lowest BCUT2D eigenvalue weighted by molar-refractivity contribution is -0.149. The number of aromatic hydroxyl groups is 1. The van der Waals surface area contributed by atoms with Gasteiger partial charge in [-0.05, 0) is 51.0 Å². The Kier molecular flexibility index (Phi) is 8.80.